The first-order valence-corrected chi connectivity index (χ1v) is 6.29. The molecule has 0 radical (unpaired) electrons. The number of carbonyl (C=O) groups is 2. The standard InChI is InChI=1S/C12H22N2O2/c13-9-4-2-1-3-5-10-14-11(15)7-6-8-12(14)16/h1-10,13H2. The molecule has 1 aliphatic rings. The molecule has 0 unspecified atom stereocenters. The predicted molar refractivity (Wildman–Crippen MR) is 62.7 cm³/mol. The quantitative estimate of drug-likeness (QED) is 0.527. The van der Waals surface area contributed by atoms with Gasteiger partial charge in [0.2, 0.25) is 11.8 Å². The Morgan fingerprint density at radius 2 is 1.50 bits per heavy atom. The maximum atomic E-state index is 11.5. The smallest absolute Gasteiger partial charge is 0.229 e. The maximum absolute atomic E-state index is 11.5. The maximum Gasteiger partial charge on any atom is 0.229 e. The summed E-state index contributed by atoms with van der Waals surface area (Å²) in [6.45, 7) is 1.36. The molecule has 0 atom stereocenters. The minimum atomic E-state index is 0.0122. The monoisotopic (exact) mass is 226 g/mol. The number of likely N-dealkylation sites (tertiary alicyclic amines) is 1. The topological polar surface area (TPSA) is 63.4 Å². The number of hydrogen-bond acceptors (Lipinski definition) is 3. The lowest BCUT2D eigenvalue weighted by Crippen LogP contribution is -2.40. The summed E-state index contributed by atoms with van der Waals surface area (Å²) in [7, 11) is 0. The highest BCUT2D eigenvalue weighted by atomic mass is 16.2. The van der Waals surface area contributed by atoms with Crippen molar-refractivity contribution < 1.29 is 9.59 Å². The van der Waals surface area contributed by atoms with Gasteiger partial charge in [0.15, 0.2) is 0 Å². The lowest BCUT2D eigenvalue weighted by molar-refractivity contribution is -0.147. The van der Waals surface area contributed by atoms with Gasteiger partial charge in [0.1, 0.15) is 0 Å². The molecule has 4 heteroatoms. The number of imide groups is 1. The van der Waals surface area contributed by atoms with E-state index in [1.165, 1.54) is 4.90 Å². The number of unbranched alkanes of at least 4 members (excludes halogenated alkanes) is 4. The molecule has 0 spiro atoms. The van der Waals surface area contributed by atoms with Crippen molar-refractivity contribution in [3.63, 3.8) is 0 Å². The number of carbonyl (C=O) groups excluding carboxylic acids is 2. The molecule has 4 nitrogen and oxygen atoms in total. The highest BCUT2D eigenvalue weighted by molar-refractivity contribution is 5.97. The van der Waals surface area contributed by atoms with Gasteiger partial charge in [0.05, 0.1) is 0 Å². The van der Waals surface area contributed by atoms with Crippen molar-refractivity contribution in [2.45, 2.75) is 51.4 Å². The predicted octanol–water partition coefficient (Wildman–Crippen LogP) is 1.43. The summed E-state index contributed by atoms with van der Waals surface area (Å²) < 4.78 is 0. The fourth-order valence-corrected chi connectivity index (χ4v) is 1.99. The second-order valence-electron chi connectivity index (χ2n) is 4.35. The van der Waals surface area contributed by atoms with Crippen LogP contribution in [-0.4, -0.2) is 29.8 Å². The number of nitrogens with two attached hydrogens (primary N) is 1. The van der Waals surface area contributed by atoms with Gasteiger partial charge in [-0.15, -0.1) is 0 Å². The lowest BCUT2D eigenvalue weighted by Gasteiger charge is -2.24. The SMILES string of the molecule is NCCCCCCCN1C(=O)CCCC1=O. The number of amides is 2. The summed E-state index contributed by atoms with van der Waals surface area (Å²) in [6.07, 6.45) is 7.19. The molecule has 1 heterocycles. The van der Waals surface area contributed by atoms with E-state index in [-0.39, 0.29) is 11.8 Å². The van der Waals surface area contributed by atoms with E-state index in [0.29, 0.717) is 19.4 Å². The Labute approximate surface area is 97.2 Å². The fraction of sp³-hybridized carbons (Fsp3) is 0.833. The Kier molecular flexibility index (Phi) is 6.08. The Balaban J connectivity index is 2.11. The Bertz CT molecular complexity index is 225. The van der Waals surface area contributed by atoms with Crippen molar-refractivity contribution in [3.8, 4) is 0 Å². The van der Waals surface area contributed by atoms with Gasteiger partial charge in [-0.3, -0.25) is 14.5 Å². The summed E-state index contributed by atoms with van der Waals surface area (Å²) >= 11 is 0. The van der Waals surface area contributed by atoms with Crippen molar-refractivity contribution in [3.05, 3.63) is 0 Å². The third-order valence-corrected chi connectivity index (χ3v) is 2.97. The first-order valence-electron chi connectivity index (χ1n) is 6.29. The molecular formula is C12H22N2O2. The van der Waals surface area contributed by atoms with Gasteiger partial charge in [0.25, 0.3) is 0 Å². The largest absolute Gasteiger partial charge is 0.330 e. The van der Waals surface area contributed by atoms with Crippen molar-refractivity contribution in [2.75, 3.05) is 13.1 Å². The molecule has 0 aromatic carbocycles. The minimum absolute atomic E-state index is 0.0122. The van der Waals surface area contributed by atoms with Crippen LogP contribution in [0.3, 0.4) is 0 Å². The molecule has 2 amide bonds. The molecule has 0 aromatic heterocycles. The molecule has 92 valence electrons. The Morgan fingerprint density at radius 3 is 2.12 bits per heavy atom. The number of hydrogen-bond donors (Lipinski definition) is 1. The van der Waals surface area contributed by atoms with E-state index in [2.05, 4.69) is 0 Å². The van der Waals surface area contributed by atoms with E-state index >= 15 is 0 Å². The van der Waals surface area contributed by atoms with E-state index in [9.17, 15) is 9.59 Å². The second-order valence-corrected chi connectivity index (χ2v) is 4.35. The molecular weight excluding hydrogens is 204 g/mol. The van der Waals surface area contributed by atoms with Crippen LogP contribution in [0, 0.1) is 0 Å². The summed E-state index contributed by atoms with van der Waals surface area (Å²) in [5, 5.41) is 0. The first kappa shape index (κ1) is 13.2. The van der Waals surface area contributed by atoms with Crippen LogP contribution in [0.4, 0.5) is 0 Å². The van der Waals surface area contributed by atoms with Gasteiger partial charge >= 0.3 is 0 Å². The molecule has 1 fully saturated rings. The average molecular weight is 226 g/mol. The van der Waals surface area contributed by atoms with Crippen LogP contribution in [-0.2, 0) is 9.59 Å². The van der Waals surface area contributed by atoms with E-state index < -0.39 is 0 Å². The zero-order valence-corrected chi connectivity index (χ0v) is 9.91. The molecule has 16 heavy (non-hydrogen) atoms. The van der Waals surface area contributed by atoms with Crippen LogP contribution in [0.5, 0.6) is 0 Å². The normalized spacial score (nSPS) is 16.9. The van der Waals surface area contributed by atoms with Gasteiger partial charge < -0.3 is 5.73 Å². The lowest BCUT2D eigenvalue weighted by atomic mass is 10.1. The molecule has 1 aliphatic heterocycles. The summed E-state index contributed by atoms with van der Waals surface area (Å²) in [6, 6.07) is 0. The van der Waals surface area contributed by atoms with Crippen LogP contribution in [0.1, 0.15) is 51.4 Å². The molecule has 0 saturated carbocycles. The second kappa shape index (κ2) is 7.39. The average Bonchev–Trinajstić information content (AvgIpc) is 2.26. The van der Waals surface area contributed by atoms with Gasteiger partial charge in [-0.05, 0) is 25.8 Å². The van der Waals surface area contributed by atoms with Crippen LogP contribution in [0.15, 0.2) is 0 Å². The van der Waals surface area contributed by atoms with Crippen molar-refractivity contribution >= 4 is 11.8 Å². The van der Waals surface area contributed by atoms with Crippen LogP contribution >= 0.6 is 0 Å². The zero-order valence-electron chi connectivity index (χ0n) is 9.91. The third kappa shape index (κ3) is 4.31. The molecule has 2 N–H and O–H groups in total. The Hall–Kier alpha value is -0.900. The van der Waals surface area contributed by atoms with E-state index in [1.807, 2.05) is 0 Å². The van der Waals surface area contributed by atoms with E-state index in [0.717, 1.165) is 45.1 Å². The van der Waals surface area contributed by atoms with E-state index in [4.69, 9.17) is 5.73 Å². The van der Waals surface area contributed by atoms with Gasteiger partial charge in [-0.1, -0.05) is 19.3 Å². The molecule has 0 aliphatic carbocycles. The van der Waals surface area contributed by atoms with Crippen LogP contribution < -0.4 is 5.73 Å². The van der Waals surface area contributed by atoms with Crippen molar-refractivity contribution in [1.29, 1.82) is 0 Å². The minimum Gasteiger partial charge on any atom is -0.330 e. The molecule has 1 saturated heterocycles. The van der Waals surface area contributed by atoms with Crippen molar-refractivity contribution in [1.82, 2.24) is 4.90 Å². The summed E-state index contributed by atoms with van der Waals surface area (Å²) in [5.41, 5.74) is 5.40. The summed E-state index contributed by atoms with van der Waals surface area (Å²) in [4.78, 5) is 24.4. The Morgan fingerprint density at radius 1 is 0.938 bits per heavy atom. The number of nitrogens with zero attached hydrogens (tertiary/aromatic N) is 1. The van der Waals surface area contributed by atoms with Gasteiger partial charge in [0, 0.05) is 19.4 Å². The van der Waals surface area contributed by atoms with Gasteiger partial charge in [-0.2, -0.15) is 0 Å². The molecule has 0 bridgehead atoms. The molecule has 0 aromatic rings. The first-order chi connectivity index (χ1) is 7.75. The number of piperidine rings is 1. The highest BCUT2D eigenvalue weighted by Gasteiger charge is 2.24. The molecule has 1 rings (SSSR count). The van der Waals surface area contributed by atoms with Gasteiger partial charge in [-0.25, -0.2) is 0 Å². The third-order valence-electron chi connectivity index (χ3n) is 2.97. The van der Waals surface area contributed by atoms with Crippen molar-refractivity contribution in [2.24, 2.45) is 5.73 Å². The van der Waals surface area contributed by atoms with Crippen LogP contribution in [0.2, 0.25) is 0 Å². The van der Waals surface area contributed by atoms with E-state index in [1.54, 1.807) is 0 Å². The van der Waals surface area contributed by atoms with Crippen LogP contribution in [0.25, 0.3) is 0 Å². The zero-order chi connectivity index (χ0) is 11.8. The summed E-state index contributed by atoms with van der Waals surface area (Å²) in [5.74, 6) is 0.0245. The fourth-order valence-electron chi connectivity index (χ4n) is 1.99. The number of rotatable bonds is 7. The highest BCUT2D eigenvalue weighted by Crippen LogP contribution is 2.13.